The molecule has 5 nitrogen and oxygen atoms in total. The molecule has 0 N–H and O–H groups in total. The van der Waals surface area contributed by atoms with Crippen LogP contribution in [0.4, 0.5) is 0 Å². The van der Waals surface area contributed by atoms with Crippen LogP contribution in [-0.4, -0.2) is 34.9 Å². The molecule has 1 unspecified atom stereocenters. The lowest BCUT2D eigenvalue weighted by Gasteiger charge is -2.21. The summed E-state index contributed by atoms with van der Waals surface area (Å²) in [4.78, 5) is 30.8. The van der Waals surface area contributed by atoms with Crippen LogP contribution in [0.2, 0.25) is 0 Å². The Morgan fingerprint density at radius 3 is 2.46 bits per heavy atom. The van der Waals surface area contributed by atoms with Gasteiger partial charge in [0.15, 0.2) is 11.8 Å². The van der Waals surface area contributed by atoms with E-state index in [1.54, 1.807) is 24.3 Å². The van der Waals surface area contributed by atoms with Crippen molar-refractivity contribution in [3.8, 4) is 10.6 Å². The van der Waals surface area contributed by atoms with Gasteiger partial charge in [-0.05, 0) is 19.4 Å². The van der Waals surface area contributed by atoms with Crippen molar-refractivity contribution in [2.75, 3.05) is 7.05 Å². The van der Waals surface area contributed by atoms with Gasteiger partial charge in [-0.15, -0.1) is 11.3 Å². The fourth-order valence-electron chi connectivity index (χ4n) is 2.71. The molecule has 0 saturated heterocycles. The molecule has 3 aromatic rings. The first-order valence-corrected chi connectivity index (χ1v) is 9.84. The van der Waals surface area contributed by atoms with Crippen LogP contribution in [0.25, 0.3) is 10.6 Å². The maximum Gasteiger partial charge on any atom is 0.358 e. The van der Waals surface area contributed by atoms with Crippen molar-refractivity contribution in [2.24, 2.45) is 0 Å². The van der Waals surface area contributed by atoms with E-state index in [9.17, 15) is 9.59 Å². The molecule has 2 aromatic carbocycles. The van der Waals surface area contributed by atoms with Gasteiger partial charge in [0, 0.05) is 24.5 Å². The minimum atomic E-state index is -0.884. The average molecular weight is 394 g/mol. The normalized spacial score (nSPS) is 11.7. The second-order valence-corrected chi connectivity index (χ2v) is 7.49. The molecule has 1 aromatic heterocycles. The average Bonchev–Trinajstić information content (AvgIpc) is 3.19. The third-order valence-corrected chi connectivity index (χ3v) is 5.17. The zero-order valence-corrected chi connectivity index (χ0v) is 16.9. The van der Waals surface area contributed by atoms with E-state index < -0.39 is 12.1 Å². The molecule has 0 aliphatic heterocycles. The van der Waals surface area contributed by atoms with Crippen molar-refractivity contribution < 1.29 is 14.3 Å². The number of aryl methyl sites for hydroxylation is 1. The monoisotopic (exact) mass is 394 g/mol. The molecule has 1 atom stereocenters. The Labute approximate surface area is 168 Å². The van der Waals surface area contributed by atoms with Crippen LogP contribution in [0.1, 0.15) is 28.5 Å². The highest BCUT2D eigenvalue weighted by Gasteiger charge is 2.23. The maximum atomic E-state index is 12.5. The topological polar surface area (TPSA) is 59.5 Å². The number of aromatic nitrogens is 1. The van der Waals surface area contributed by atoms with Gasteiger partial charge in [-0.25, -0.2) is 9.78 Å². The van der Waals surface area contributed by atoms with Crippen molar-refractivity contribution in [2.45, 2.75) is 26.5 Å². The molecule has 0 fully saturated rings. The summed E-state index contributed by atoms with van der Waals surface area (Å²) in [6, 6.07) is 17.6. The summed E-state index contributed by atoms with van der Waals surface area (Å²) in [5.41, 5.74) is 3.33. The minimum Gasteiger partial charge on any atom is -0.448 e. The van der Waals surface area contributed by atoms with Crippen LogP contribution >= 0.6 is 11.3 Å². The number of nitrogens with zero attached hydrogens (tertiary/aromatic N) is 2. The molecular weight excluding hydrogens is 372 g/mol. The maximum absolute atomic E-state index is 12.5. The molecule has 0 spiro atoms. The van der Waals surface area contributed by atoms with E-state index in [0.29, 0.717) is 6.54 Å². The SMILES string of the molecule is Cc1ccc(-c2nc(C(=O)OC(C)C(=O)N(C)Cc3ccccc3)cs2)cc1. The number of likely N-dealkylation sites (N-methyl/N-ethyl adjacent to an activating group) is 1. The lowest BCUT2D eigenvalue weighted by molar-refractivity contribution is -0.139. The third kappa shape index (κ3) is 4.84. The number of esters is 1. The Morgan fingerprint density at radius 2 is 1.79 bits per heavy atom. The quantitative estimate of drug-likeness (QED) is 0.584. The number of ether oxygens (including phenoxy) is 1. The number of amides is 1. The van der Waals surface area contributed by atoms with Crippen LogP contribution < -0.4 is 0 Å². The third-order valence-electron chi connectivity index (χ3n) is 4.28. The highest BCUT2D eigenvalue weighted by atomic mass is 32.1. The predicted molar refractivity (Wildman–Crippen MR) is 110 cm³/mol. The Bertz CT molecular complexity index is 951. The fraction of sp³-hybridized carbons (Fsp3) is 0.227. The van der Waals surface area contributed by atoms with Gasteiger partial charge in [-0.1, -0.05) is 60.2 Å². The Hall–Kier alpha value is -2.99. The number of hydrogen-bond donors (Lipinski definition) is 0. The van der Waals surface area contributed by atoms with E-state index in [2.05, 4.69) is 4.98 Å². The highest BCUT2D eigenvalue weighted by Crippen LogP contribution is 2.24. The number of benzene rings is 2. The number of thiazole rings is 1. The van der Waals surface area contributed by atoms with Crippen LogP contribution in [0.15, 0.2) is 60.0 Å². The number of hydrogen-bond acceptors (Lipinski definition) is 5. The first kappa shape index (κ1) is 19.8. The van der Waals surface area contributed by atoms with Crippen molar-refractivity contribution in [3.63, 3.8) is 0 Å². The molecule has 0 aliphatic rings. The molecule has 1 heterocycles. The molecule has 3 rings (SSSR count). The van der Waals surface area contributed by atoms with Gasteiger partial charge in [-0.3, -0.25) is 4.79 Å². The van der Waals surface area contributed by atoms with Crippen molar-refractivity contribution in [1.82, 2.24) is 9.88 Å². The molecule has 6 heteroatoms. The number of carbonyl (C=O) groups excluding carboxylic acids is 2. The molecule has 28 heavy (non-hydrogen) atoms. The van der Waals surface area contributed by atoms with Gasteiger partial charge in [0.05, 0.1) is 0 Å². The summed E-state index contributed by atoms with van der Waals surface area (Å²) >= 11 is 1.37. The summed E-state index contributed by atoms with van der Waals surface area (Å²) < 4.78 is 5.34. The predicted octanol–water partition coefficient (Wildman–Crippen LogP) is 4.32. The van der Waals surface area contributed by atoms with E-state index >= 15 is 0 Å². The van der Waals surface area contributed by atoms with E-state index in [0.717, 1.165) is 21.7 Å². The zero-order chi connectivity index (χ0) is 20.1. The Kier molecular flexibility index (Phi) is 6.21. The summed E-state index contributed by atoms with van der Waals surface area (Å²) in [6.45, 7) is 4.05. The fourth-order valence-corrected chi connectivity index (χ4v) is 3.51. The molecule has 0 saturated carbocycles. The van der Waals surface area contributed by atoms with Gasteiger partial charge in [-0.2, -0.15) is 0 Å². The van der Waals surface area contributed by atoms with Gasteiger partial charge in [0.1, 0.15) is 5.01 Å². The Balaban J connectivity index is 1.60. The second kappa shape index (κ2) is 8.80. The standard InChI is InChI=1S/C22H22N2O3S/c1-15-9-11-18(12-10-15)20-23-19(14-28-20)22(26)27-16(2)21(25)24(3)13-17-7-5-4-6-8-17/h4-12,14,16H,13H2,1-3H3. The first-order valence-electron chi connectivity index (χ1n) is 8.96. The zero-order valence-electron chi connectivity index (χ0n) is 16.1. The largest absolute Gasteiger partial charge is 0.448 e. The van der Waals surface area contributed by atoms with Gasteiger partial charge >= 0.3 is 5.97 Å². The summed E-state index contributed by atoms with van der Waals surface area (Å²) in [5.74, 6) is -0.852. The molecule has 0 radical (unpaired) electrons. The summed E-state index contributed by atoms with van der Waals surface area (Å²) in [6.07, 6.45) is -0.884. The van der Waals surface area contributed by atoms with E-state index in [-0.39, 0.29) is 11.6 Å². The number of carbonyl (C=O) groups is 2. The van der Waals surface area contributed by atoms with Crippen molar-refractivity contribution in [3.05, 3.63) is 76.8 Å². The Morgan fingerprint density at radius 1 is 1.11 bits per heavy atom. The summed E-state index contributed by atoms with van der Waals surface area (Å²) in [5, 5.41) is 2.40. The van der Waals surface area contributed by atoms with E-state index in [1.165, 1.54) is 11.3 Å². The van der Waals surface area contributed by atoms with Gasteiger partial charge < -0.3 is 9.64 Å². The van der Waals surface area contributed by atoms with Gasteiger partial charge in [0.25, 0.3) is 5.91 Å². The minimum absolute atomic E-state index is 0.214. The molecule has 0 bridgehead atoms. The smallest absolute Gasteiger partial charge is 0.358 e. The van der Waals surface area contributed by atoms with Crippen LogP contribution in [-0.2, 0) is 16.1 Å². The van der Waals surface area contributed by atoms with E-state index in [1.807, 2.05) is 61.5 Å². The van der Waals surface area contributed by atoms with Crippen molar-refractivity contribution in [1.29, 1.82) is 0 Å². The van der Waals surface area contributed by atoms with Crippen LogP contribution in [0.3, 0.4) is 0 Å². The molecule has 144 valence electrons. The molecule has 1 amide bonds. The van der Waals surface area contributed by atoms with E-state index in [4.69, 9.17) is 4.74 Å². The van der Waals surface area contributed by atoms with Crippen molar-refractivity contribution >= 4 is 23.2 Å². The lowest BCUT2D eigenvalue weighted by Crippen LogP contribution is -2.37. The molecular formula is C22H22N2O3S. The summed E-state index contributed by atoms with van der Waals surface area (Å²) in [7, 11) is 1.69. The van der Waals surface area contributed by atoms with Crippen LogP contribution in [0.5, 0.6) is 0 Å². The first-order chi connectivity index (χ1) is 13.4. The lowest BCUT2D eigenvalue weighted by atomic mass is 10.2. The van der Waals surface area contributed by atoms with Gasteiger partial charge in [0.2, 0.25) is 0 Å². The second-order valence-electron chi connectivity index (χ2n) is 6.63. The molecule has 0 aliphatic carbocycles. The highest BCUT2D eigenvalue weighted by molar-refractivity contribution is 7.13. The number of rotatable bonds is 6. The van der Waals surface area contributed by atoms with Crippen LogP contribution in [0, 0.1) is 6.92 Å².